The van der Waals surface area contributed by atoms with Crippen LogP contribution in [-0.4, -0.2) is 4.37 Å². The molecule has 0 spiro atoms. The Labute approximate surface area is 47.2 Å². The van der Waals surface area contributed by atoms with Gasteiger partial charge >= 0.3 is 0 Å². The Bertz CT molecular complexity index is 123. The molecule has 0 atom stereocenters. The first-order valence-corrected chi connectivity index (χ1v) is 3.02. The van der Waals surface area contributed by atoms with Crippen molar-refractivity contribution in [3.8, 4) is 0 Å². The highest BCUT2D eigenvalue weighted by molar-refractivity contribution is 7.05. The first kappa shape index (κ1) is 4.78. The third-order valence-electron chi connectivity index (χ3n) is 0.790. The van der Waals surface area contributed by atoms with Crippen LogP contribution < -0.4 is 0 Å². The monoisotopic (exact) mass is 112 g/mol. The molecule has 1 rings (SSSR count). The van der Waals surface area contributed by atoms with Gasteiger partial charge in [0.2, 0.25) is 0 Å². The van der Waals surface area contributed by atoms with Crippen molar-refractivity contribution in [1.82, 2.24) is 4.37 Å². The fraction of sp³-hybridized carbons (Fsp3) is 0.400. The zero-order valence-electron chi connectivity index (χ0n) is 4.14. The maximum absolute atomic E-state index is 3.81. The van der Waals surface area contributed by atoms with Crippen molar-refractivity contribution < 1.29 is 0 Å². The predicted octanol–water partition coefficient (Wildman–Crippen LogP) is 1.51. The van der Waals surface area contributed by atoms with Crippen LogP contribution in [0.1, 0.15) is 11.8 Å². The number of rotatable bonds is 1. The lowest BCUT2D eigenvalue weighted by molar-refractivity contribution is 1.19. The van der Waals surface area contributed by atoms with E-state index in [1.807, 2.05) is 6.07 Å². The highest BCUT2D eigenvalue weighted by Gasteiger charge is 1.85. The van der Waals surface area contributed by atoms with E-state index in [9.17, 15) is 0 Å². The molecule has 1 radical (unpaired) electrons. The van der Waals surface area contributed by atoms with E-state index in [1.165, 1.54) is 16.4 Å². The van der Waals surface area contributed by atoms with Crippen molar-refractivity contribution in [3.63, 3.8) is 0 Å². The first-order valence-electron chi connectivity index (χ1n) is 2.25. The summed E-state index contributed by atoms with van der Waals surface area (Å²) >= 11 is 1.52. The summed E-state index contributed by atoms with van der Waals surface area (Å²) < 4.78 is 3.81. The van der Waals surface area contributed by atoms with Crippen molar-refractivity contribution in [2.45, 2.75) is 13.3 Å². The third-order valence-corrected chi connectivity index (χ3v) is 1.63. The molecular weight excluding hydrogens is 106 g/mol. The molecule has 0 saturated heterocycles. The number of aromatic nitrogens is 1. The summed E-state index contributed by atoms with van der Waals surface area (Å²) in [5.74, 6) is 0. The van der Waals surface area contributed by atoms with Gasteiger partial charge in [-0.05, 0) is 24.0 Å². The molecule has 0 N–H and O–H groups in total. The van der Waals surface area contributed by atoms with Crippen LogP contribution >= 0.6 is 11.5 Å². The van der Waals surface area contributed by atoms with Gasteiger partial charge in [0, 0.05) is 4.88 Å². The largest absolute Gasteiger partial charge is 0.191 e. The minimum atomic E-state index is 1.08. The zero-order chi connectivity index (χ0) is 5.11. The van der Waals surface area contributed by atoms with E-state index in [2.05, 4.69) is 17.5 Å². The predicted molar refractivity (Wildman–Crippen MR) is 30.3 cm³/mol. The molecule has 0 amide bonds. The minimum absolute atomic E-state index is 1.08. The average molecular weight is 112 g/mol. The van der Waals surface area contributed by atoms with Gasteiger partial charge in [0.1, 0.15) is 6.20 Å². The standard InChI is InChI=1S/C5H6NS/c1-2-5-3-4-6-7-5/h3H,2H2,1H3. The SMILES string of the molecule is CCc1c[c]ns1. The van der Waals surface area contributed by atoms with Crippen LogP contribution in [0, 0.1) is 6.20 Å². The Hall–Kier alpha value is -0.370. The van der Waals surface area contributed by atoms with Gasteiger partial charge in [0.25, 0.3) is 0 Å². The van der Waals surface area contributed by atoms with Crippen LogP contribution in [0.3, 0.4) is 0 Å². The molecule has 0 saturated carbocycles. The van der Waals surface area contributed by atoms with E-state index in [-0.39, 0.29) is 0 Å². The van der Waals surface area contributed by atoms with E-state index in [0.29, 0.717) is 0 Å². The summed E-state index contributed by atoms with van der Waals surface area (Å²) in [6, 6.07) is 1.92. The normalized spacial score (nSPS) is 9.29. The third kappa shape index (κ3) is 0.996. The van der Waals surface area contributed by atoms with E-state index in [1.54, 1.807) is 0 Å². The van der Waals surface area contributed by atoms with Gasteiger partial charge < -0.3 is 0 Å². The van der Waals surface area contributed by atoms with Crippen molar-refractivity contribution in [3.05, 3.63) is 17.1 Å². The summed E-state index contributed by atoms with van der Waals surface area (Å²) in [7, 11) is 0. The Kier molecular flexibility index (Phi) is 1.42. The van der Waals surface area contributed by atoms with Crippen LogP contribution in [-0.2, 0) is 6.42 Å². The van der Waals surface area contributed by atoms with Gasteiger partial charge in [-0.2, -0.15) is 4.37 Å². The summed E-state index contributed by atoms with van der Waals surface area (Å²) in [6.07, 6.45) is 3.83. The summed E-state index contributed by atoms with van der Waals surface area (Å²) in [5, 5.41) is 0. The molecule has 1 heterocycles. The second-order valence-corrected chi connectivity index (χ2v) is 2.17. The van der Waals surface area contributed by atoms with Crippen molar-refractivity contribution in [2.75, 3.05) is 0 Å². The number of hydrogen-bond donors (Lipinski definition) is 0. The zero-order valence-corrected chi connectivity index (χ0v) is 4.96. The van der Waals surface area contributed by atoms with Crippen LogP contribution in [0.2, 0.25) is 0 Å². The number of aryl methyl sites for hydroxylation is 1. The van der Waals surface area contributed by atoms with Gasteiger partial charge in [-0.15, -0.1) is 0 Å². The van der Waals surface area contributed by atoms with E-state index >= 15 is 0 Å². The van der Waals surface area contributed by atoms with Gasteiger partial charge in [-0.3, -0.25) is 0 Å². The van der Waals surface area contributed by atoms with Gasteiger partial charge in [-0.25, -0.2) is 0 Å². The molecule has 0 aromatic carbocycles. The molecule has 0 bridgehead atoms. The lowest BCUT2D eigenvalue weighted by Crippen LogP contribution is -1.63. The quantitative estimate of drug-likeness (QED) is 0.536. The second kappa shape index (κ2) is 2.07. The smallest absolute Gasteiger partial charge is 0.104 e. The number of nitrogens with zero attached hydrogens (tertiary/aromatic N) is 1. The topological polar surface area (TPSA) is 12.9 Å². The van der Waals surface area contributed by atoms with Crippen molar-refractivity contribution in [2.24, 2.45) is 0 Å². The van der Waals surface area contributed by atoms with Crippen LogP contribution in [0.5, 0.6) is 0 Å². The Morgan fingerprint density at radius 3 is 3.14 bits per heavy atom. The van der Waals surface area contributed by atoms with Gasteiger partial charge in [0.15, 0.2) is 0 Å². The lowest BCUT2D eigenvalue weighted by Gasteiger charge is -1.76. The fourth-order valence-electron chi connectivity index (χ4n) is 0.376. The first-order chi connectivity index (χ1) is 3.43. The maximum Gasteiger partial charge on any atom is 0.104 e. The molecule has 0 aliphatic heterocycles. The Morgan fingerprint density at radius 1 is 2.00 bits per heavy atom. The van der Waals surface area contributed by atoms with Gasteiger partial charge in [0.05, 0.1) is 0 Å². The van der Waals surface area contributed by atoms with Crippen molar-refractivity contribution >= 4 is 11.5 Å². The molecular formula is C5H6NS. The van der Waals surface area contributed by atoms with Gasteiger partial charge in [-0.1, -0.05) is 6.92 Å². The highest BCUT2D eigenvalue weighted by atomic mass is 32.1. The summed E-state index contributed by atoms with van der Waals surface area (Å²) in [4.78, 5) is 1.31. The number of hydrogen-bond acceptors (Lipinski definition) is 2. The molecule has 1 aromatic heterocycles. The van der Waals surface area contributed by atoms with E-state index < -0.39 is 0 Å². The minimum Gasteiger partial charge on any atom is -0.191 e. The molecule has 0 aliphatic rings. The lowest BCUT2D eigenvalue weighted by atomic mass is 10.4. The molecule has 1 aromatic rings. The molecule has 37 valence electrons. The molecule has 7 heavy (non-hydrogen) atoms. The summed E-state index contributed by atoms with van der Waals surface area (Å²) in [6.45, 7) is 2.11. The Morgan fingerprint density at radius 2 is 2.86 bits per heavy atom. The van der Waals surface area contributed by atoms with E-state index in [0.717, 1.165) is 6.42 Å². The van der Waals surface area contributed by atoms with E-state index in [4.69, 9.17) is 0 Å². The fourth-order valence-corrected chi connectivity index (χ4v) is 0.833. The Balaban J connectivity index is 2.76. The van der Waals surface area contributed by atoms with Crippen molar-refractivity contribution in [1.29, 1.82) is 0 Å². The highest BCUT2D eigenvalue weighted by Crippen LogP contribution is 2.02. The summed E-state index contributed by atoms with van der Waals surface area (Å²) in [5.41, 5.74) is 0. The van der Waals surface area contributed by atoms with Crippen LogP contribution in [0.25, 0.3) is 0 Å². The molecule has 0 aliphatic carbocycles. The van der Waals surface area contributed by atoms with Crippen LogP contribution in [0.15, 0.2) is 6.07 Å². The second-order valence-electron chi connectivity index (χ2n) is 1.28. The molecule has 1 nitrogen and oxygen atoms in total. The molecule has 0 fully saturated rings. The maximum atomic E-state index is 3.81. The molecule has 0 unspecified atom stereocenters. The van der Waals surface area contributed by atoms with Crippen LogP contribution in [0.4, 0.5) is 0 Å². The molecule has 2 heteroatoms. The average Bonchev–Trinajstić information content (AvgIpc) is 2.14.